The number of pyridine rings is 1. The van der Waals surface area contributed by atoms with E-state index in [9.17, 15) is 9.59 Å². The Morgan fingerprint density at radius 1 is 1.22 bits per heavy atom. The first-order valence-corrected chi connectivity index (χ1v) is 14.7. The highest BCUT2D eigenvalue weighted by molar-refractivity contribution is 9.10. The number of nitrogens with zero attached hydrogens (tertiary/aromatic N) is 1. The molecule has 6 nitrogen and oxygen atoms in total. The van der Waals surface area contributed by atoms with Crippen LogP contribution >= 0.6 is 15.9 Å². The fourth-order valence-electron chi connectivity index (χ4n) is 3.24. The van der Waals surface area contributed by atoms with Gasteiger partial charge in [0, 0.05) is 17.6 Å². The fourth-order valence-corrected chi connectivity index (χ4v) is 4.77. The molecule has 2 rings (SSSR count). The van der Waals surface area contributed by atoms with Crippen LogP contribution in [0, 0.1) is 5.92 Å². The molecule has 0 spiro atoms. The lowest BCUT2D eigenvalue weighted by molar-refractivity contribution is 0.0523. The number of carbonyl (C=O) groups excluding carboxylic acids is 1. The lowest BCUT2D eigenvalue weighted by atomic mass is 10.0. The predicted molar refractivity (Wildman–Crippen MR) is 135 cm³/mol. The Labute approximate surface area is 200 Å². The van der Waals surface area contributed by atoms with Gasteiger partial charge in [-0.2, -0.15) is 0 Å². The first kappa shape index (κ1) is 26.6. The van der Waals surface area contributed by atoms with Crippen molar-refractivity contribution in [2.45, 2.75) is 65.7 Å². The zero-order valence-electron chi connectivity index (χ0n) is 20.7. The molecular formula is C24H36BrNO5Si. The average Bonchev–Trinajstić information content (AvgIpc) is 2.68. The minimum absolute atomic E-state index is 0.0226. The number of carbonyl (C=O) groups is 1. The summed E-state index contributed by atoms with van der Waals surface area (Å²) in [5, 5.41) is 0.505. The van der Waals surface area contributed by atoms with Crippen molar-refractivity contribution in [1.82, 2.24) is 4.57 Å². The minimum Gasteiger partial charge on any atom is -0.495 e. The summed E-state index contributed by atoms with van der Waals surface area (Å²) < 4.78 is 19.9. The molecule has 0 unspecified atom stereocenters. The van der Waals surface area contributed by atoms with Gasteiger partial charge in [0.15, 0.2) is 8.32 Å². The van der Waals surface area contributed by atoms with Crippen molar-refractivity contribution >= 4 is 41.1 Å². The summed E-state index contributed by atoms with van der Waals surface area (Å²) in [5.41, 5.74) is 0.362. The number of methoxy groups -OCH3 is 1. The highest BCUT2D eigenvalue weighted by Gasteiger charge is 2.38. The molecule has 32 heavy (non-hydrogen) atoms. The Morgan fingerprint density at radius 2 is 1.84 bits per heavy atom. The standard InChI is InChI=1S/C24H36BrNO5Si/c1-10-30-23(28)17-13-26(19-12-21(29-7)18(25)11-16(19)22(17)27)20(15(2)3)14-31-32(8,9)24(4,5)6/h11-13,15,20H,10,14H2,1-9H3/t20-/m1/s1. The van der Waals surface area contributed by atoms with Crippen LogP contribution in [-0.4, -0.2) is 39.2 Å². The summed E-state index contributed by atoms with van der Waals surface area (Å²) in [5.74, 6) is 0.186. The maximum absolute atomic E-state index is 13.2. The van der Waals surface area contributed by atoms with Crippen molar-refractivity contribution in [1.29, 1.82) is 0 Å². The zero-order chi connectivity index (χ0) is 24.4. The monoisotopic (exact) mass is 525 g/mol. The third kappa shape index (κ3) is 5.46. The van der Waals surface area contributed by atoms with Crippen molar-refractivity contribution in [2.75, 3.05) is 20.3 Å². The maximum Gasteiger partial charge on any atom is 0.343 e. The Kier molecular flexibility index (Phi) is 8.39. The number of hydrogen-bond acceptors (Lipinski definition) is 5. The lowest BCUT2D eigenvalue weighted by Crippen LogP contribution is -2.42. The molecule has 0 amide bonds. The number of esters is 1. The zero-order valence-corrected chi connectivity index (χ0v) is 23.3. The molecule has 1 aromatic carbocycles. The first-order chi connectivity index (χ1) is 14.7. The average molecular weight is 527 g/mol. The van der Waals surface area contributed by atoms with E-state index < -0.39 is 14.3 Å². The van der Waals surface area contributed by atoms with Gasteiger partial charge in [-0.15, -0.1) is 0 Å². The molecule has 0 aliphatic rings. The van der Waals surface area contributed by atoms with Gasteiger partial charge in [-0.3, -0.25) is 4.79 Å². The fraction of sp³-hybridized carbons (Fsp3) is 0.583. The molecule has 1 atom stereocenters. The molecule has 0 bridgehead atoms. The van der Waals surface area contributed by atoms with E-state index in [1.165, 1.54) is 0 Å². The summed E-state index contributed by atoms with van der Waals surface area (Å²) in [7, 11) is -0.413. The number of halogens is 1. The van der Waals surface area contributed by atoms with Gasteiger partial charge in [-0.05, 0) is 53.0 Å². The van der Waals surface area contributed by atoms with Gasteiger partial charge < -0.3 is 18.5 Å². The van der Waals surface area contributed by atoms with Crippen LogP contribution in [0.3, 0.4) is 0 Å². The number of ether oxygens (including phenoxy) is 2. The van der Waals surface area contributed by atoms with Gasteiger partial charge >= 0.3 is 5.97 Å². The molecule has 8 heteroatoms. The maximum atomic E-state index is 13.2. The topological polar surface area (TPSA) is 66.8 Å². The van der Waals surface area contributed by atoms with Crippen molar-refractivity contribution in [3.8, 4) is 5.75 Å². The molecule has 0 saturated heterocycles. The normalized spacial score (nSPS) is 13.5. The van der Waals surface area contributed by atoms with Crippen LogP contribution in [0.5, 0.6) is 5.75 Å². The van der Waals surface area contributed by atoms with Gasteiger partial charge in [0.25, 0.3) is 0 Å². The number of benzene rings is 1. The molecule has 0 N–H and O–H groups in total. The molecule has 0 aliphatic carbocycles. The summed E-state index contributed by atoms with van der Waals surface area (Å²) in [6.07, 6.45) is 1.62. The molecule has 0 fully saturated rings. The third-order valence-electron chi connectivity index (χ3n) is 6.35. The van der Waals surface area contributed by atoms with Crippen LogP contribution < -0.4 is 10.2 Å². The summed E-state index contributed by atoms with van der Waals surface area (Å²) in [6, 6.07) is 3.45. The van der Waals surface area contributed by atoms with Gasteiger partial charge in [0.2, 0.25) is 5.43 Å². The molecule has 1 heterocycles. The Balaban J connectivity index is 2.74. The van der Waals surface area contributed by atoms with Crippen LogP contribution in [0.25, 0.3) is 10.9 Å². The van der Waals surface area contributed by atoms with E-state index in [0.29, 0.717) is 27.7 Å². The Bertz CT molecular complexity index is 1040. The van der Waals surface area contributed by atoms with E-state index >= 15 is 0 Å². The summed E-state index contributed by atoms with van der Waals surface area (Å²) >= 11 is 3.46. The van der Waals surface area contributed by atoms with Crippen molar-refractivity contribution < 1.29 is 18.7 Å². The van der Waals surface area contributed by atoms with E-state index in [-0.39, 0.29) is 34.6 Å². The summed E-state index contributed by atoms with van der Waals surface area (Å²) in [6.45, 7) is 17.7. The summed E-state index contributed by atoms with van der Waals surface area (Å²) in [4.78, 5) is 25.8. The van der Waals surface area contributed by atoms with Gasteiger partial charge in [0.05, 0.1) is 36.4 Å². The van der Waals surface area contributed by atoms with Crippen LogP contribution in [0.1, 0.15) is 57.9 Å². The predicted octanol–water partition coefficient (Wildman–Crippen LogP) is 6.17. The Morgan fingerprint density at radius 3 is 2.34 bits per heavy atom. The van der Waals surface area contributed by atoms with Gasteiger partial charge in [0.1, 0.15) is 11.3 Å². The molecule has 0 radical (unpaired) electrons. The van der Waals surface area contributed by atoms with E-state index in [1.54, 1.807) is 26.3 Å². The minimum atomic E-state index is -2.00. The van der Waals surface area contributed by atoms with Crippen LogP contribution in [0.4, 0.5) is 0 Å². The van der Waals surface area contributed by atoms with Crippen LogP contribution in [-0.2, 0) is 9.16 Å². The van der Waals surface area contributed by atoms with E-state index in [2.05, 4.69) is 63.6 Å². The third-order valence-corrected chi connectivity index (χ3v) is 11.5. The van der Waals surface area contributed by atoms with Crippen molar-refractivity contribution in [2.24, 2.45) is 5.92 Å². The van der Waals surface area contributed by atoms with Gasteiger partial charge in [-0.1, -0.05) is 34.6 Å². The smallest absolute Gasteiger partial charge is 0.343 e. The van der Waals surface area contributed by atoms with Crippen LogP contribution in [0.15, 0.2) is 27.6 Å². The van der Waals surface area contributed by atoms with E-state index in [4.69, 9.17) is 13.9 Å². The molecule has 1 aromatic heterocycles. The van der Waals surface area contributed by atoms with Crippen LogP contribution in [0.2, 0.25) is 18.1 Å². The lowest BCUT2D eigenvalue weighted by Gasteiger charge is -2.38. The molecule has 0 aliphatic heterocycles. The molecule has 178 valence electrons. The number of hydrogen-bond donors (Lipinski definition) is 0. The quantitative estimate of drug-likeness (QED) is 0.304. The first-order valence-electron chi connectivity index (χ1n) is 11.0. The SMILES string of the molecule is CCOC(=O)c1cn([C@H](CO[Si](C)(C)C(C)(C)C)C(C)C)c2cc(OC)c(Br)cc2c1=O. The highest BCUT2D eigenvalue weighted by Crippen LogP contribution is 2.38. The molecule has 0 saturated carbocycles. The van der Waals surface area contributed by atoms with E-state index in [1.807, 2.05) is 10.6 Å². The highest BCUT2D eigenvalue weighted by atomic mass is 79.9. The second-order valence-electron chi connectivity index (χ2n) is 9.89. The second kappa shape index (κ2) is 10.1. The van der Waals surface area contributed by atoms with E-state index in [0.717, 1.165) is 0 Å². The van der Waals surface area contributed by atoms with Crippen molar-refractivity contribution in [3.05, 3.63) is 38.6 Å². The molecule has 2 aromatic rings. The van der Waals surface area contributed by atoms with Crippen molar-refractivity contribution in [3.63, 3.8) is 0 Å². The number of rotatable bonds is 8. The number of aromatic nitrogens is 1. The molecular weight excluding hydrogens is 490 g/mol. The largest absolute Gasteiger partial charge is 0.495 e. The second-order valence-corrected chi connectivity index (χ2v) is 15.5. The van der Waals surface area contributed by atoms with Gasteiger partial charge in [-0.25, -0.2) is 4.79 Å². The number of fused-ring (bicyclic) bond motifs is 1. The Hall–Kier alpha value is -1.64.